The van der Waals surface area contributed by atoms with Gasteiger partial charge < -0.3 is 9.84 Å². The van der Waals surface area contributed by atoms with Crippen molar-refractivity contribution in [2.24, 2.45) is 0 Å². The van der Waals surface area contributed by atoms with E-state index in [1.165, 1.54) is 0 Å². The van der Waals surface area contributed by atoms with Gasteiger partial charge in [-0.2, -0.15) is 0 Å². The Balaban J connectivity index is 1.79. The van der Waals surface area contributed by atoms with Gasteiger partial charge in [0, 0.05) is 12.1 Å². The van der Waals surface area contributed by atoms with Crippen LogP contribution in [-0.4, -0.2) is 17.1 Å². The van der Waals surface area contributed by atoms with Crippen molar-refractivity contribution >= 4 is 17.2 Å². The molecule has 16 heavy (non-hydrogen) atoms. The Morgan fingerprint density at radius 3 is 3.12 bits per heavy atom. The summed E-state index contributed by atoms with van der Waals surface area (Å²) in [5.41, 5.74) is 0.718. The summed E-state index contributed by atoms with van der Waals surface area (Å²) in [6.07, 6.45) is 2.13. The quantitative estimate of drug-likeness (QED) is 0.886. The summed E-state index contributed by atoms with van der Waals surface area (Å²) in [7, 11) is 0. The van der Waals surface area contributed by atoms with Crippen LogP contribution in [0, 0.1) is 0 Å². The van der Waals surface area contributed by atoms with Crippen LogP contribution in [0.4, 0.5) is 0 Å². The van der Waals surface area contributed by atoms with Crippen molar-refractivity contribution in [1.82, 2.24) is 10.5 Å². The van der Waals surface area contributed by atoms with E-state index in [0.717, 1.165) is 23.4 Å². The van der Waals surface area contributed by atoms with Crippen molar-refractivity contribution in [2.75, 3.05) is 0 Å². The van der Waals surface area contributed by atoms with Gasteiger partial charge >= 0.3 is 0 Å². The molecule has 0 spiro atoms. The molecular weight excluding hydrogens is 224 g/mol. The lowest BCUT2D eigenvalue weighted by Crippen LogP contribution is -2.24. The zero-order valence-electron chi connectivity index (χ0n) is 8.47. The number of aromatic nitrogens is 1. The fourth-order valence-corrected chi connectivity index (χ4v) is 2.08. The van der Waals surface area contributed by atoms with Crippen LogP contribution in [0.5, 0.6) is 0 Å². The smallest absolute Gasteiger partial charge is 0.290 e. The normalized spacial score (nSPS) is 15.0. The Hall–Kier alpha value is -1.62. The predicted octanol–water partition coefficient (Wildman–Crippen LogP) is 2.30. The Morgan fingerprint density at radius 1 is 1.56 bits per heavy atom. The second-order valence-corrected chi connectivity index (χ2v) is 4.75. The number of amides is 1. The van der Waals surface area contributed by atoms with E-state index in [1.807, 2.05) is 17.5 Å². The molecule has 0 radical (unpaired) electrons. The third-order valence-corrected chi connectivity index (χ3v) is 3.31. The first kappa shape index (κ1) is 9.59. The van der Waals surface area contributed by atoms with E-state index in [0.29, 0.717) is 6.04 Å². The summed E-state index contributed by atoms with van der Waals surface area (Å²) >= 11 is 1.57. The fraction of sp³-hybridized carbons (Fsp3) is 0.273. The van der Waals surface area contributed by atoms with Gasteiger partial charge in [-0.3, -0.25) is 4.79 Å². The molecule has 0 bridgehead atoms. The van der Waals surface area contributed by atoms with Gasteiger partial charge in [0.05, 0.1) is 4.88 Å². The molecule has 0 aromatic carbocycles. The monoisotopic (exact) mass is 234 g/mol. The van der Waals surface area contributed by atoms with Gasteiger partial charge in [0.15, 0.2) is 0 Å². The molecule has 0 unspecified atom stereocenters. The standard InChI is InChI=1S/C11H10N2O2S/c14-11(12-7-3-4-7)9-6-8(13-15-9)10-2-1-5-16-10/h1-2,5-7H,3-4H2,(H,12,14). The van der Waals surface area contributed by atoms with Gasteiger partial charge in [-0.1, -0.05) is 11.2 Å². The molecule has 1 amide bonds. The molecule has 1 fully saturated rings. The Kier molecular flexibility index (Phi) is 2.25. The average Bonchev–Trinajstić information content (AvgIpc) is 2.84. The summed E-state index contributed by atoms with van der Waals surface area (Å²) in [4.78, 5) is 12.6. The van der Waals surface area contributed by atoms with Crippen LogP contribution in [0.1, 0.15) is 23.4 Å². The molecule has 1 saturated carbocycles. The average molecular weight is 234 g/mol. The zero-order chi connectivity index (χ0) is 11.0. The summed E-state index contributed by atoms with van der Waals surface area (Å²) in [6, 6.07) is 5.91. The molecule has 1 aliphatic rings. The van der Waals surface area contributed by atoms with E-state index in [4.69, 9.17) is 4.52 Å². The number of nitrogens with zero attached hydrogens (tertiary/aromatic N) is 1. The van der Waals surface area contributed by atoms with Gasteiger partial charge in [-0.25, -0.2) is 0 Å². The third-order valence-electron chi connectivity index (χ3n) is 2.42. The number of carbonyl (C=O) groups excluding carboxylic acids is 1. The van der Waals surface area contributed by atoms with Crippen LogP contribution < -0.4 is 5.32 Å². The molecule has 2 aromatic heterocycles. The van der Waals surface area contributed by atoms with E-state index in [2.05, 4.69) is 10.5 Å². The molecule has 0 atom stereocenters. The maximum absolute atomic E-state index is 11.6. The van der Waals surface area contributed by atoms with Gasteiger partial charge in [-0.15, -0.1) is 11.3 Å². The molecule has 1 N–H and O–H groups in total. The van der Waals surface area contributed by atoms with Gasteiger partial charge in [0.1, 0.15) is 5.69 Å². The number of rotatable bonds is 3. The highest BCUT2D eigenvalue weighted by molar-refractivity contribution is 7.13. The highest BCUT2D eigenvalue weighted by atomic mass is 32.1. The Morgan fingerprint density at radius 2 is 2.44 bits per heavy atom. The van der Waals surface area contributed by atoms with Crippen molar-refractivity contribution in [1.29, 1.82) is 0 Å². The van der Waals surface area contributed by atoms with Crippen LogP contribution in [-0.2, 0) is 0 Å². The molecule has 0 aliphatic heterocycles. The van der Waals surface area contributed by atoms with Crippen LogP contribution >= 0.6 is 11.3 Å². The molecule has 3 rings (SSSR count). The molecule has 2 heterocycles. The molecular formula is C11H10N2O2S. The maximum atomic E-state index is 11.6. The molecule has 2 aromatic rings. The second kappa shape index (κ2) is 3.75. The van der Waals surface area contributed by atoms with Gasteiger partial charge in [0.25, 0.3) is 5.91 Å². The summed E-state index contributed by atoms with van der Waals surface area (Å²) < 4.78 is 5.02. The number of nitrogens with one attached hydrogen (secondary N) is 1. The highest BCUT2D eigenvalue weighted by Crippen LogP contribution is 2.24. The summed E-state index contributed by atoms with van der Waals surface area (Å²) in [5, 5.41) is 8.71. The van der Waals surface area contributed by atoms with Crippen molar-refractivity contribution in [3.63, 3.8) is 0 Å². The largest absolute Gasteiger partial charge is 0.350 e. The number of hydrogen-bond acceptors (Lipinski definition) is 4. The lowest BCUT2D eigenvalue weighted by Gasteiger charge is -1.96. The Bertz CT molecular complexity index is 500. The maximum Gasteiger partial charge on any atom is 0.290 e. The SMILES string of the molecule is O=C(NC1CC1)c1cc(-c2cccs2)no1. The fourth-order valence-electron chi connectivity index (χ4n) is 1.41. The Labute approximate surface area is 96.3 Å². The van der Waals surface area contributed by atoms with E-state index >= 15 is 0 Å². The minimum absolute atomic E-state index is 0.169. The molecule has 4 nitrogen and oxygen atoms in total. The lowest BCUT2D eigenvalue weighted by atomic mass is 10.3. The third kappa shape index (κ3) is 1.86. The minimum atomic E-state index is -0.169. The van der Waals surface area contributed by atoms with Gasteiger partial charge in [-0.05, 0) is 24.3 Å². The predicted molar refractivity (Wildman–Crippen MR) is 60.3 cm³/mol. The number of carbonyl (C=O) groups is 1. The summed E-state index contributed by atoms with van der Waals surface area (Å²) in [5.74, 6) is 0.119. The van der Waals surface area contributed by atoms with E-state index in [1.54, 1.807) is 17.4 Å². The molecule has 5 heteroatoms. The van der Waals surface area contributed by atoms with Gasteiger partial charge in [0.2, 0.25) is 5.76 Å². The van der Waals surface area contributed by atoms with E-state index in [-0.39, 0.29) is 11.7 Å². The summed E-state index contributed by atoms with van der Waals surface area (Å²) in [6.45, 7) is 0. The number of hydrogen-bond donors (Lipinski definition) is 1. The second-order valence-electron chi connectivity index (χ2n) is 3.80. The number of thiophene rings is 1. The zero-order valence-corrected chi connectivity index (χ0v) is 9.29. The van der Waals surface area contributed by atoms with Crippen LogP contribution in [0.25, 0.3) is 10.6 Å². The van der Waals surface area contributed by atoms with Crippen molar-refractivity contribution in [2.45, 2.75) is 18.9 Å². The molecule has 1 aliphatic carbocycles. The highest BCUT2D eigenvalue weighted by Gasteiger charge is 2.25. The van der Waals surface area contributed by atoms with Crippen molar-refractivity contribution < 1.29 is 9.32 Å². The first-order valence-corrected chi connectivity index (χ1v) is 6.02. The van der Waals surface area contributed by atoms with Crippen molar-refractivity contribution in [3.8, 4) is 10.6 Å². The molecule has 0 saturated heterocycles. The molecule has 82 valence electrons. The lowest BCUT2D eigenvalue weighted by molar-refractivity contribution is 0.0914. The van der Waals surface area contributed by atoms with Crippen LogP contribution in [0.15, 0.2) is 28.1 Å². The minimum Gasteiger partial charge on any atom is -0.350 e. The van der Waals surface area contributed by atoms with Crippen LogP contribution in [0.3, 0.4) is 0 Å². The van der Waals surface area contributed by atoms with Crippen LogP contribution in [0.2, 0.25) is 0 Å². The topological polar surface area (TPSA) is 55.1 Å². The first-order chi connectivity index (χ1) is 7.83. The van der Waals surface area contributed by atoms with Crippen molar-refractivity contribution in [3.05, 3.63) is 29.3 Å². The first-order valence-electron chi connectivity index (χ1n) is 5.14. The van der Waals surface area contributed by atoms with E-state index in [9.17, 15) is 4.79 Å². The van der Waals surface area contributed by atoms with E-state index < -0.39 is 0 Å².